The van der Waals surface area contributed by atoms with Gasteiger partial charge in [-0.2, -0.15) is 5.10 Å². The van der Waals surface area contributed by atoms with E-state index in [4.69, 9.17) is 4.74 Å². The summed E-state index contributed by atoms with van der Waals surface area (Å²) >= 11 is 0. The van der Waals surface area contributed by atoms with Gasteiger partial charge in [0, 0.05) is 65.0 Å². The smallest absolute Gasteiger partial charge is 0.409 e. The van der Waals surface area contributed by atoms with E-state index < -0.39 is 0 Å². The highest BCUT2D eigenvalue weighted by Gasteiger charge is 2.30. The van der Waals surface area contributed by atoms with E-state index >= 15 is 0 Å². The number of nitrogens with one attached hydrogen (secondary N) is 1. The minimum atomic E-state index is -0.228. The molecule has 1 N–H and O–H groups in total. The second kappa shape index (κ2) is 10.6. The van der Waals surface area contributed by atoms with Gasteiger partial charge >= 0.3 is 6.09 Å². The first kappa shape index (κ1) is 24.3. The number of fused-ring (bicyclic) bond motifs is 1. The number of aromatic nitrogens is 3. The summed E-state index contributed by atoms with van der Waals surface area (Å²) in [7, 11) is 5.02. The first-order chi connectivity index (χ1) is 16.4. The fraction of sp³-hybridized carbons (Fsp3) is 0.667. The highest BCUT2D eigenvalue weighted by atomic mass is 16.5. The van der Waals surface area contributed by atoms with Gasteiger partial charge in [0.25, 0.3) is 0 Å². The third kappa shape index (κ3) is 5.27. The van der Waals surface area contributed by atoms with E-state index in [1.807, 2.05) is 16.8 Å². The molecule has 0 aromatic carbocycles. The van der Waals surface area contributed by atoms with E-state index in [2.05, 4.69) is 27.2 Å². The van der Waals surface area contributed by atoms with Crippen molar-refractivity contribution in [1.29, 1.82) is 0 Å². The number of rotatable bonds is 6. The quantitative estimate of drug-likeness (QED) is 0.691. The van der Waals surface area contributed by atoms with E-state index in [1.165, 1.54) is 7.11 Å². The average molecular weight is 472 g/mol. The van der Waals surface area contributed by atoms with Crippen molar-refractivity contribution in [3.05, 3.63) is 24.2 Å². The summed E-state index contributed by atoms with van der Waals surface area (Å²) in [5.41, 5.74) is 2.05. The normalized spacial score (nSPS) is 22.4. The monoisotopic (exact) mass is 471 g/mol. The Morgan fingerprint density at radius 2 is 1.88 bits per heavy atom. The third-order valence-corrected chi connectivity index (χ3v) is 7.30. The molecule has 1 aliphatic carbocycles. The van der Waals surface area contributed by atoms with Crippen LogP contribution in [-0.2, 0) is 9.53 Å². The molecule has 1 saturated heterocycles. The number of nitrogens with zero attached hydrogens (tertiary/aromatic N) is 6. The van der Waals surface area contributed by atoms with Crippen LogP contribution < -0.4 is 5.32 Å². The Labute approximate surface area is 201 Å². The van der Waals surface area contributed by atoms with Crippen LogP contribution in [0, 0.1) is 0 Å². The van der Waals surface area contributed by atoms with Gasteiger partial charge in [-0.05, 0) is 43.2 Å². The SMILES string of the molecule is COC(=O)N1CCN(C2CCC(Nc3ncnn4ccc([C@H](C)CC(=O)N(C)C)c34)CC2)CC1. The molecular formula is C24H37N7O3. The summed E-state index contributed by atoms with van der Waals surface area (Å²) in [6.07, 6.45) is 8.15. The Hall–Kier alpha value is -2.88. The average Bonchev–Trinajstić information content (AvgIpc) is 3.29. The van der Waals surface area contributed by atoms with Gasteiger partial charge < -0.3 is 19.9 Å². The van der Waals surface area contributed by atoms with E-state index in [0.717, 1.165) is 68.8 Å². The summed E-state index contributed by atoms with van der Waals surface area (Å²) in [5, 5.41) is 8.06. The Morgan fingerprint density at radius 3 is 2.53 bits per heavy atom. The molecule has 3 heterocycles. The predicted molar refractivity (Wildman–Crippen MR) is 130 cm³/mol. The summed E-state index contributed by atoms with van der Waals surface area (Å²) < 4.78 is 6.70. The zero-order chi connectivity index (χ0) is 24.2. The molecule has 1 atom stereocenters. The standard InChI is InChI=1S/C24H37N7O3/c1-17(15-21(32)28(2)3)20-9-10-31-22(20)23(25-16-26-31)27-18-5-7-19(8-6-18)29-11-13-30(14-12-29)24(33)34-4/h9-10,16-19H,5-8,11-15H2,1-4H3,(H,25,26,27)/t17-,18?,19?/m1/s1. The third-order valence-electron chi connectivity index (χ3n) is 7.30. The van der Waals surface area contributed by atoms with Crippen LogP contribution in [-0.4, -0.2) is 101 Å². The summed E-state index contributed by atoms with van der Waals surface area (Å²) in [5.74, 6) is 1.03. The molecule has 1 saturated carbocycles. The van der Waals surface area contributed by atoms with Crippen LogP contribution >= 0.6 is 0 Å². The predicted octanol–water partition coefficient (Wildman–Crippen LogP) is 2.42. The van der Waals surface area contributed by atoms with Gasteiger partial charge in [0.1, 0.15) is 11.8 Å². The van der Waals surface area contributed by atoms with Gasteiger partial charge in [0.2, 0.25) is 5.91 Å². The molecule has 2 fully saturated rings. The van der Waals surface area contributed by atoms with E-state index in [-0.39, 0.29) is 17.9 Å². The Morgan fingerprint density at radius 1 is 1.18 bits per heavy atom. The zero-order valence-electron chi connectivity index (χ0n) is 20.7. The topological polar surface area (TPSA) is 95.3 Å². The van der Waals surface area contributed by atoms with Crippen LogP contribution in [0.25, 0.3) is 5.52 Å². The van der Waals surface area contributed by atoms with Crippen LogP contribution in [0.5, 0.6) is 0 Å². The molecule has 2 aliphatic rings. The molecular weight excluding hydrogens is 434 g/mol. The number of anilines is 1. The minimum absolute atomic E-state index is 0.0749. The van der Waals surface area contributed by atoms with Crippen molar-refractivity contribution in [2.75, 3.05) is 52.7 Å². The fourth-order valence-corrected chi connectivity index (χ4v) is 5.21. The van der Waals surface area contributed by atoms with Crippen molar-refractivity contribution in [1.82, 2.24) is 29.3 Å². The van der Waals surface area contributed by atoms with Crippen molar-refractivity contribution >= 4 is 23.3 Å². The van der Waals surface area contributed by atoms with Crippen molar-refractivity contribution in [3.8, 4) is 0 Å². The molecule has 4 rings (SSSR count). The maximum Gasteiger partial charge on any atom is 0.409 e. The van der Waals surface area contributed by atoms with Gasteiger partial charge in [0.15, 0.2) is 5.82 Å². The number of amides is 2. The van der Waals surface area contributed by atoms with Gasteiger partial charge in [-0.3, -0.25) is 9.69 Å². The first-order valence-electron chi connectivity index (χ1n) is 12.2. The van der Waals surface area contributed by atoms with Crippen molar-refractivity contribution in [2.45, 2.75) is 57.0 Å². The number of ether oxygens (including phenoxy) is 1. The summed E-state index contributed by atoms with van der Waals surface area (Å²) in [6, 6.07) is 2.96. The molecule has 0 radical (unpaired) electrons. The highest BCUT2D eigenvalue weighted by molar-refractivity contribution is 5.79. The molecule has 1 aliphatic heterocycles. The lowest BCUT2D eigenvalue weighted by molar-refractivity contribution is -0.129. The van der Waals surface area contributed by atoms with Crippen molar-refractivity contribution in [3.63, 3.8) is 0 Å². The number of carbonyl (C=O) groups is 2. The Balaban J connectivity index is 1.36. The lowest BCUT2D eigenvalue weighted by Gasteiger charge is -2.41. The molecule has 186 valence electrons. The molecule has 34 heavy (non-hydrogen) atoms. The molecule has 0 spiro atoms. The van der Waals surface area contributed by atoms with Gasteiger partial charge in [-0.1, -0.05) is 6.92 Å². The lowest BCUT2D eigenvalue weighted by Crippen LogP contribution is -2.53. The van der Waals surface area contributed by atoms with E-state index in [9.17, 15) is 9.59 Å². The number of piperazine rings is 1. The molecule has 0 unspecified atom stereocenters. The number of hydrogen-bond acceptors (Lipinski definition) is 7. The van der Waals surface area contributed by atoms with E-state index in [0.29, 0.717) is 18.5 Å². The fourth-order valence-electron chi connectivity index (χ4n) is 5.21. The molecule has 2 aromatic rings. The molecule has 2 amide bonds. The summed E-state index contributed by atoms with van der Waals surface area (Å²) in [4.78, 5) is 34.5. The highest BCUT2D eigenvalue weighted by Crippen LogP contribution is 2.31. The van der Waals surface area contributed by atoms with Crippen LogP contribution in [0.3, 0.4) is 0 Å². The van der Waals surface area contributed by atoms with Crippen LogP contribution in [0.1, 0.15) is 50.5 Å². The van der Waals surface area contributed by atoms with Crippen LogP contribution in [0.4, 0.5) is 10.6 Å². The van der Waals surface area contributed by atoms with Crippen LogP contribution in [0.2, 0.25) is 0 Å². The second-order valence-electron chi connectivity index (χ2n) is 9.71. The number of methoxy groups -OCH3 is 1. The van der Waals surface area contributed by atoms with Crippen molar-refractivity contribution in [2.24, 2.45) is 0 Å². The molecule has 2 aromatic heterocycles. The first-order valence-corrected chi connectivity index (χ1v) is 12.2. The maximum absolute atomic E-state index is 12.3. The van der Waals surface area contributed by atoms with Crippen LogP contribution in [0.15, 0.2) is 18.6 Å². The molecule has 10 heteroatoms. The maximum atomic E-state index is 12.3. The Bertz CT molecular complexity index is 992. The molecule has 0 bridgehead atoms. The van der Waals surface area contributed by atoms with Crippen molar-refractivity contribution < 1.29 is 14.3 Å². The van der Waals surface area contributed by atoms with E-state index in [1.54, 1.807) is 30.2 Å². The largest absolute Gasteiger partial charge is 0.453 e. The van der Waals surface area contributed by atoms with Gasteiger partial charge in [-0.25, -0.2) is 14.3 Å². The zero-order valence-corrected chi connectivity index (χ0v) is 20.7. The van der Waals surface area contributed by atoms with Gasteiger partial charge in [0.05, 0.1) is 7.11 Å². The second-order valence-corrected chi connectivity index (χ2v) is 9.71. The molecule has 10 nitrogen and oxygen atoms in total. The van der Waals surface area contributed by atoms with Gasteiger partial charge in [-0.15, -0.1) is 0 Å². The minimum Gasteiger partial charge on any atom is -0.453 e. The lowest BCUT2D eigenvalue weighted by atomic mass is 9.89. The number of carbonyl (C=O) groups excluding carboxylic acids is 2. The number of hydrogen-bond donors (Lipinski definition) is 1. The Kier molecular flexibility index (Phi) is 7.55. The summed E-state index contributed by atoms with van der Waals surface area (Å²) in [6.45, 7) is 5.35.